The van der Waals surface area contributed by atoms with Crippen molar-refractivity contribution in [2.24, 2.45) is 5.92 Å². The number of hydrogen-bond acceptors (Lipinski definition) is 0. The number of alkyl halides is 1. The van der Waals surface area contributed by atoms with Crippen molar-refractivity contribution in [1.29, 1.82) is 0 Å². The Morgan fingerprint density at radius 2 is 1.67 bits per heavy atom. The molecule has 1 aliphatic rings. The van der Waals surface area contributed by atoms with Crippen molar-refractivity contribution in [3.05, 3.63) is 35.4 Å². The fraction of sp³-hybridized carbons (Fsp3) is 0.571. The third kappa shape index (κ3) is 2.63. The highest BCUT2D eigenvalue weighted by Crippen LogP contribution is 2.43. The molecule has 0 heterocycles. The number of rotatable bonds is 4. The van der Waals surface area contributed by atoms with Gasteiger partial charge in [-0.3, -0.25) is 0 Å². The minimum atomic E-state index is 0.641. The van der Waals surface area contributed by atoms with Gasteiger partial charge in [-0.15, -0.1) is 0 Å². The Labute approximate surface area is 101 Å². The molecule has 0 aliphatic heterocycles. The van der Waals surface area contributed by atoms with Gasteiger partial charge >= 0.3 is 0 Å². The fourth-order valence-corrected chi connectivity index (χ4v) is 3.02. The van der Waals surface area contributed by atoms with Crippen LogP contribution in [-0.2, 0) is 0 Å². The summed E-state index contributed by atoms with van der Waals surface area (Å²) in [6.45, 7) is 4.50. The highest BCUT2D eigenvalue weighted by Gasteiger charge is 2.31. The summed E-state index contributed by atoms with van der Waals surface area (Å²) >= 11 is 3.64. The standard InChI is InChI=1S/C14H19Br/c1-10(2)11-3-5-12(6-4-11)14(9-15)13-7-8-13/h3-6,10,13-14H,7-9H2,1-2H3. The predicted molar refractivity (Wildman–Crippen MR) is 69.8 cm³/mol. The Morgan fingerprint density at radius 1 is 1.13 bits per heavy atom. The van der Waals surface area contributed by atoms with Gasteiger partial charge in [0.2, 0.25) is 0 Å². The van der Waals surface area contributed by atoms with Gasteiger partial charge in [-0.25, -0.2) is 0 Å². The van der Waals surface area contributed by atoms with E-state index in [9.17, 15) is 0 Å². The maximum atomic E-state index is 3.64. The molecule has 0 radical (unpaired) electrons. The van der Waals surface area contributed by atoms with E-state index in [1.54, 1.807) is 0 Å². The highest BCUT2D eigenvalue weighted by molar-refractivity contribution is 9.09. The molecule has 1 unspecified atom stereocenters. The second-order valence-electron chi connectivity index (χ2n) is 4.92. The molecular weight excluding hydrogens is 248 g/mol. The third-order valence-corrected chi connectivity index (χ3v) is 4.09. The van der Waals surface area contributed by atoms with E-state index < -0.39 is 0 Å². The lowest BCUT2D eigenvalue weighted by Gasteiger charge is -2.14. The smallest absolute Gasteiger partial charge is 0.0103 e. The number of halogens is 1. The molecule has 0 amide bonds. The molecule has 1 aromatic carbocycles. The lowest BCUT2D eigenvalue weighted by atomic mass is 9.93. The number of hydrogen-bond donors (Lipinski definition) is 0. The van der Waals surface area contributed by atoms with Gasteiger partial charge in [-0.1, -0.05) is 54.0 Å². The summed E-state index contributed by atoms with van der Waals surface area (Å²) in [5.74, 6) is 2.32. The molecule has 1 saturated carbocycles. The summed E-state index contributed by atoms with van der Waals surface area (Å²) in [7, 11) is 0. The first-order chi connectivity index (χ1) is 7.22. The van der Waals surface area contributed by atoms with Gasteiger partial charge in [-0.2, -0.15) is 0 Å². The predicted octanol–water partition coefficient (Wildman–Crippen LogP) is 4.70. The fourth-order valence-electron chi connectivity index (χ4n) is 2.11. The molecule has 0 aromatic heterocycles. The van der Waals surface area contributed by atoms with Crippen LogP contribution >= 0.6 is 15.9 Å². The van der Waals surface area contributed by atoms with Crippen molar-refractivity contribution >= 4 is 15.9 Å². The van der Waals surface area contributed by atoms with E-state index in [0.717, 1.165) is 17.2 Å². The molecule has 0 nitrogen and oxygen atoms in total. The first-order valence-corrected chi connectivity index (χ1v) is 7.00. The molecule has 1 aliphatic carbocycles. The number of benzene rings is 1. The molecular formula is C14H19Br. The van der Waals surface area contributed by atoms with Gasteiger partial charge in [-0.05, 0) is 41.7 Å². The summed E-state index contributed by atoms with van der Waals surface area (Å²) in [6, 6.07) is 9.22. The molecule has 82 valence electrons. The molecule has 0 spiro atoms. The van der Waals surface area contributed by atoms with Crippen LogP contribution in [0.25, 0.3) is 0 Å². The minimum absolute atomic E-state index is 0.641. The van der Waals surface area contributed by atoms with Crippen LogP contribution in [0.5, 0.6) is 0 Å². The zero-order chi connectivity index (χ0) is 10.8. The van der Waals surface area contributed by atoms with Crippen molar-refractivity contribution in [3.8, 4) is 0 Å². The molecule has 1 fully saturated rings. The van der Waals surface area contributed by atoms with Crippen LogP contribution in [0.4, 0.5) is 0 Å². The zero-order valence-electron chi connectivity index (χ0n) is 9.54. The van der Waals surface area contributed by atoms with Gasteiger partial charge in [0.1, 0.15) is 0 Å². The average molecular weight is 267 g/mol. The van der Waals surface area contributed by atoms with E-state index in [-0.39, 0.29) is 0 Å². The Morgan fingerprint density at radius 3 is 2.07 bits per heavy atom. The van der Waals surface area contributed by atoms with Crippen LogP contribution < -0.4 is 0 Å². The summed E-state index contributed by atoms with van der Waals surface area (Å²) in [6.07, 6.45) is 2.84. The topological polar surface area (TPSA) is 0 Å². The maximum absolute atomic E-state index is 3.64. The second kappa shape index (κ2) is 4.69. The molecule has 0 N–H and O–H groups in total. The van der Waals surface area contributed by atoms with Crippen LogP contribution in [-0.4, -0.2) is 5.33 Å². The molecule has 1 aromatic rings. The Bertz CT molecular complexity index is 309. The lowest BCUT2D eigenvalue weighted by Crippen LogP contribution is -2.02. The van der Waals surface area contributed by atoms with Gasteiger partial charge < -0.3 is 0 Å². The minimum Gasteiger partial charge on any atom is -0.0921 e. The molecule has 0 saturated heterocycles. The normalized spacial score (nSPS) is 18.1. The Hall–Kier alpha value is -0.300. The van der Waals surface area contributed by atoms with Crippen LogP contribution in [0, 0.1) is 5.92 Å². The molecule has 1 atom stereocenters. The Kier molecular flexibility index (Phi) is 3.50. The zero-order valence-corrected chi connectivity index (χ0v) is 11.1. The second-order valence-corrected chi connectivity index (χ2v) is 5.57. The van der Waals surface area contributed by atoms with E-state index in [1.165, 1.54) is 24.0 Å². The van der Waals surface area contributed by atoms with E-state index >= 15 is 0 Å². The molecule has 0 bridgehead atoms. The molecule has 1 heteroatoms. The Balaban J connectivity index is 2.14. The monoisotopic (exact) mass is 266 g/mol. The van der Waals surface area contributed by atoms with Gasteiger partial charge in [0.25, 0.3) is 0 Å². The summed E-state index contributed by atoms with van der Waals surface area (Å²) in [5, 5.41) is 1.11. The van der Waals surface area contributed by atoms with Gasteiger partial charge in [0, 0.05) is 5.33 Å². The SMILES string of the molecule is CC(C)c1ccc(C(CBr)C2CC2)cc1. The van der Waals surface area contributed by atoms with Crippen molar-refractivity contribution in [3.63, 3.8) is 0 Å². The summed E-state index contributed by atoms with van der Waals surface area (Å²) in [5.41, 5.74) is 2.96. The summed E-state index contributed by atoms with van der Waals surface area (Å²) in [4.78, 5) is 0. The average Bonchev–Trinajstić information content (AvgIpc) is 3.04. The third-order valence-electron chi connectivity index (χ3n) is 3.39. The largest absolute Gasteiger partial charge is 0.0921 e. The van der Waals surface area contributed by atoms with E-state index in [1.807, 2.05) is 0 Å². The van der Waals surface area contributed by atoms with Crippen molar-refractivity contribution < 1.29 is 0 Å². The van der Waals surface area contributed by atoms with Crippen molar-refractivity contribution in [1.82, 2.24) is 0 Å². The van der Waals surface area contributed by atoms with E-state index in [2.05, 4.69) is 54.0 Å². The van der Waals surface area contributed by atoms with Gasteiger partial charge in [0.15, 0.2) is 0 Å². The van der Waals surface area contributed by atoms with Crippen molar-refractivity contribution in [2.45, 2.75) is 38.5 Å². The maximum Gasteiger partial charge on any atom is 0.0103 e. The van der Waals surface area contributed by atoms with Crippen LogP contribution in [0.2, 0.25) is 0 Å². The molecule has 2 rings (SSSR count). The quantitative estimate of drug-likeness (QED) is 0.694. The first kappa shape index (κ1) is 11.2. The van der Waals surface area contributed by atoms with Crippen molar-refractivity contribution in [2.75, 3.05) is 5.33 Å². The van der Waals surface area contributed by atoms with E-state index in [0.29, 0.717) is 5.92 Å². The highest BCUT2D eigenvalue weighted by atomic mass is 79.9. The van der Waals surface area contributed by atoms with Crippen LogP contribution in [0.15, 0.2) is 24.3 Å². The van der Waals surface area contributed by atoms with Gasteiger partial charge in [0.05, 0.1) is 0 Å². The molecule has 15 heavy (non-hydrogen) atoms. The van der Waals surface area contributed by atoms with E-state index in [4.69, 9.17) is 0 Å². The van der Waals surface area contributed by atoms with Crippen LogP contribution in [0.1, 0.15) is 49.7 Å². The van der Waals surface area contributed by atoms with Crippen LogP contribution in [0.3, 0.4) is 0 Å². The lowest BCUT2D eigenvalue weighted by molar-refractivity contribution is 0.676. The first-order valence-electron chi connectivity index (χ1n) is 5.88. The summed E-state index contributed by atoms with van der Waals surface area (Å²) < 4.78 is 0.